The van der Waals surface area contributed by atoms with Gasteiger partial charge < -0.3 is 10.1 Å². The summed E-state index contributed by atoms with van der Waals surface area (Å²) in [5.74, 6) is 1.09. The van der Waals surface area contributed by atoms with E-state index >= 15 is 0 Å². The Morgan fingerprint density at radius 3 is 2.68 bits per heavy atom. The summed E-state index contributed by atoms with van der Waals surface area (Å²) in [6.45, 7) is 4.11. The van der Waals surface area contributed by atoms with E-state index in [0.717, 1.165) is 16.5 Å². The van der Waals surface area contributed by atoms with Gasteiger partial charge in [-0.2, -0.15) is 0 Å². The normalized spacial score (nSPS) is 11.9. The SMILES string of the molecule is CCOC(=O)CC(C)Nc1nc(-c2ccncc2)nc2ccccc12. The van der Waals surface area contributed by atoms with Crippen LogP contribution in [0.5, 0.6) is 0 Å². The van der Waals surface area contributed by atoms with E-state index in [4.69, 9.17) is 4.74 Å². The molecule has 0 amide bonds. The molecule has 6 heteroatoms. The number of carbonyl (C=O) groups is 1. The van der Waals surface area contributed by atoms with Crippen molar-refractivity contribution in [3.8, 4) is 11.4 Å². The van der Waals surface area contributed by atoms with E-state index < -0.39 is 0 Å². The molecular weight excluding hydrogens is 316 g/mol. The smallest absolute Gasteiger partial charge is 0.307 e. The molecule has 0 aliphatic carbocycles. The lowest BCUT2D eigenvalue weighted by molar-refractivity contribution is -0.143. The number of carbonyl (C=O) groups excluding carboxylic acids is 1. The maximum atomic E-state index is 11.7. The minimum absolute atomic E-state index is 0.109. The van der Waals surface area contributed by atoms with Gasteiger partial charge in [0, 0.05) is 29.4 Å². The summed E-state index contributed by atoms with van der Waals surface area (Å²) in [6.07, 6.45) is 3.70. The van der Waals surface area contributed by atoms with Crippen molar-refractivity contribution in [1.82, 2.24) is 15.0 Å². The van der Waals surface area contributed by atoms with E-state index in [2.05, 4.69) is 20.3 Å². The van der Waals surface area contributed by atoms with Crippen LogP contribution in [-0.2, 0) is 9.53 Å². The van der Waals surface area contributed by atoms with Crippen LogP contribution in [0.15, 0.2) is 48.8 Å². The van der Waals surface area contributed by atoms with Gasteiger partial charge in [0.2, 0.25) is 0 Å². The zero-order valence-corrected chi connectivity index (χ0v) is 14.3. The summed E-state index contributed by atoms with van der Waals surface area (Å²) in [5.41, 5.74) is 1.73. The topological polar surface area (TPSA) is 77.0 Å². The third kappa shape index (κ3) is 4.09. The molecule has 0 fully saturated rings. The molecule has 0 spiro atoms. The summed E-state index contributed by atoms with van der Waals surface area (Å²) >= 11 is 0. The molecule has 0 radical (unpaired) electrons. The molecule has 0 aliphatic heterocycles. The number of benzene rings is 1. The molecule has 128 valence electrons. The van der Waals surface area contributed by atoms with Gasteiger partial charge in [0.15, 0.2) is 5.82 Å². The number of aromatic nitrogens is 3. The Bertz CT molecular complexity index is 868. The van der Waals surface area contributed by atoms with E-state index in [-0.39, 0.29) is 18.4 Å². The Morgan fingerprint density at radius 1 is 1.16 bits per heavy atom. The molecule has 25 heavy (non-hydrogen) atoms. The van der Waals surface area contributed by atoms with Crippen molar-refractivity contribution >= 4 is 22.7 Å². The molecule has 2 heterocycles. The van der Waals surface area contributed by atoms with Crippen LogP contribution in [0.25, 0.3) is 22.3 Å². The van der Waals surface area contributed by atoms with Crippen LogP contribution in [0, 0.1) is 0 Å². The van der Waals surface area contributed by atoms with Crippen LogP contribution in [0.1, 0.15) is 20.3 Å². The standard InChI is InChI=1S/C19H20N4O2/c1-3-25-17(24)12-13(2)21-19-15-6-4-5-7-16(15)22-18(23-19)14-8-10-20-11-9-14/h4-11,13H,3,12H2,1-2H3,(H,21,22,23). The molecule has 0 aliphatic rings. The Hall–Kier alpha value is -3.02. The second kappa shape index (κ2) is 7.70. The summed E-state index contributed by atoms with van der Waals surface area (Å²) in [6, 6.07) is 11.4. The first-order chi connectivity index (χ1) is 12.2. The highest BCUT2D eigenvalue weighted by molar-refractivity contribution is 5.90. The van der Waals surface area contributed by atoms with Gasteiger partial charge in [-0.1, -0.05) is 12.1 Å². The molecule has 1 unspecified atom stereocenters. The number of pyridine rings is 1. The van der Waals surface area contributed by atoms with E-state index in [9.17, 15) is 4.79 Å². The van der Waals surface area contributed by atoms with Gasteiger partial charge in [0.05, 0.1) is 18.5 Å². The molecule has 1 N–H and O–H groups in total. The van der Waals surface area contributed by atoms with E-state index in [1.165, 1.54) is 0 Å². The fourth-order valence-corrected chi connectivity index (χ4v) is 2.57. The van der Waals surface area contributed by atoms with Crippen LogP contribution in [0.3, 0.4) is 0 Å². The highest BCUT2D eigenvalue weighted by Crippen LogP contribution is 2.25. The van der Waals surface area contributed by atoms with Gasteiger partial charge in [-0.3, -0.25) is 9.78 Å². The quantitative estimate of drug-likeness (QED) is 0.695. The van der Waals surface area contributed by atoms with Crippen molar-refractivity contribution in [3.63, 3.8) is 0 Å². The molecule has 3 aromatic rings. The summed E-state index contributed by atoms with van der Waals surface area (Å²) < 4.78 is 5.01. The van der Waals surface area contributed by atoms with Crippen LogP contribution in [0.2, 0.25) is 0 Å². The summed E-state index contributed by atoms with van der Waals surface area (Å²) in [4.78, 5) is 25.0. The summed E-state index contributed by atoms with van der Waals surface area (Å²) in [5, 5.41) is 4.23. The van der Waals surface area contributed by atoms with Crippen molar-refractivity contribution in [2.45, 2.75) is 26.3 Å². The third-order valence-corrected chi connectivity index (χ3v) is 3.70. The van der Waals surface area contributed by atoms with Crippen molar-refractivity contribution in [2.24, 2.45) is 0 Å². The van der Waals surface area contributed by atoms with Crippen LogP contribution in [-0.4, -0.2) is 33.6 Å². The van der Waals surface area contributed by atoms with Gasteiger partial charge >= 0.3 is 5.97 Å². The Kier molecular flexibility index (Phi) is 5.18. The van der Waals surface area contributed by atoms with Crippen molar-refractivity contribution < 1.29 is 9.53 Å². The van der Waals surface area contributed by atoms with E-state index in [1.54, 1.807) is 19.3 Å². The lowest BCUT2D eigenvalue weighted by Crippen LogP contribution is -2.22. The zero-order valence-electron chi connectivity index (χ0n) is 14.3. The van der Waals surface area contributed by atoms with Crippen molar-refractivity contribution in [3.05, 3.63) is 48.8 Å². The maximum Gasteiger partial charge on any atom is 0.307 e. The second-order valence-electron chi connectivity index (χ2n) is 5.70. The Balaban J connectivity index is 1.94. The fraction of sp³-hybridized carbons (Fsp3) is 0.263. The summed E-state index contributed by atoms with van der Waals surface area (Å²) in [7, 11) is 0. The van der Waals surface area contributed by atoms with Crippen LogP contribution < -0.4 is 5.32 Å². The monoisotopic (exact) mass is 336 g/mol. The third-order valence-electron chi connectivity index (χ3n) is 3.70. The number of hydrogen-bond donors (Lipinski definition) is 1. The zero-order chi connectivity index (χ0) is 17.6. The number of hydrogen-bond acceptors (Lipinski definition) is 6. The maximum absolute atomic E-state index is 11.7. The van der Waals surface area contributed by atoms with Gasteiger partial charge in [-0.25, -0.2) is 9.97 Å². The predicted molar refractivity (Wildman–Crippen MR) is 97.1 cm³/mol. The molecule has 0 saturated carbocycles. The van der Waals surface area contributed by atoms with Gasteiger partial charge in [0.1, 0.15) is 5.82 Å². The average molecular weight is 336 g/mol. The van der Waals surface area contributed by atoms with Gasteiger partial charge in [-0.15, -0.1) is 0 Å². The Labute approximate surface area is 146 Å². The number of rotatable bonds is 6. The van der Waals surface area contributed by atoms with Crippen molar-refractivity contribution in [1.29, 1.82) is 0 Å². The number of nitrogens with zero attached hydrogens (tertiary/aromatic N) is 3. The number of para-hydroxylation sites is 1. The molecule has 6 nitrogen and oxygen atoms in total. The molecule has 2 aromatic heterocycles. The minimum atomic E-state index is -0.227. The number of anilines is 1. The van der Waals surface area contributed by atoms with E-state index in [1.807, 2.05) is 43.3 Å². The highest BCUT2D eigenvalue weighted by Gasteiger charge is 2.14. The second-order valence-corrected chi connectivity index (χ2v) is 5.70. The highest BCUT2D eigenvalue weighted by atomic mass is 16.5. The molecular formula is C19H20N4O2. The van der Waals surface area contributed by atoms with Gasteiger partial charge in [-0.05, 0) is 38.1 Å². The number of ether oxygens (including phenoxy) is 1. The van der Waals surface area contributed by atoms with E-state index in [0.29, 0.717) is 18.2 Å². The lowest BCUT2D eigenvalue weighted by atomic mass is 10.2. The lowest BCUT2D eigenvalue weighted by Gasteiger charge is -2.16. The number of esters is 1. The average Bonchev–Trinajstić information content (AvgIpc) is 2.62. The first-order valence-electron chi connectivity index (χ1n) is 8.26. The first kappa shape index (κ1) is 16.8. The van der Waals surface area contributed by atoms with Gasteiger partial charge in [0.25, 0.3) is 0 Å². The van der Waals surface area contributed by atoms with Crippen LogP contribution in [0.4, 0.5) is 5.82 Å². The Morgan fingerprint density at radius 2 is 1.92 bits per heavy atom. The molecule has 0 bridgehead atoms. The predicted octanol–water partition coefficient (Wildman–Crippen LogP) is 3.45. The minimum Gasteiger partial charge on any atom is -0.466 e. The largest absolute Gasteiger partial charge is 0.466 e. The first-order valence-corrected chi connectivity index (χ1v) is 8.26. The van der Waals surface area contributed by atoms with Crippen molar-refractivity contribution in [2.75, 3.05) is 11.9 Å². The molecule has 0 saturated heterocycles. The molecule has 3 rings (SSSR count). The molecule has 1 atom stereocenters. The van der Waals surface area contributed by atoms with Crippen LogP contribution >= 0.6 is 0 Å². The number of nitrogens with one attached hydrogen (secondary N) is 1. The fourth-order valence-electron chi connectivity index (χ4n) is 2.57. The number of fused-ring (bicyclic) bond motifs is 1. The molecule has 1 aromatic carbocycles.